The molecule has 1 saturated carbocycles. The Hall–Kier alpha value is -2.67. The third kappa shape index (κ3) is 8.03. The Labute approximate surface area is 304 Å². The maximum atomic E-state index is 13.4. The summed E-state index contributed by atoms with van der Waals surface area (Å²) in [5.74, 6) is -3.62. The molecule has 1 amide bonds. The summed E-state index contributed by atoms with van der Waals surface area (Å²) in [4.78, 5) is 28.1. The summed E-state index contributed by atoms with van der Waals surface area (Å²) in [5, 5.41) is 12.6. The minimum atomic E-state index is -3.95. The van der Waals surface area contributed by atoms with Crippen LogP contribution in [0.15, 0.2) is 36.4 Å². The van der Waals surface area contributed by atoms with E-state index in [2.05, 4.69) is 21.0 Å². The predicted molar refractivity (Wildman–Crippen MR) is 191 cm³/mol. The van der Waals surface area contributed by atoms with Gasteiger partial charge in [-0.25, -0.2) is 21.9 Å². The summed E-state index contributed by atoms with van der Waals surface area (Å²) in [6, 6.07) is 11.2. The van der Waals surface area contributed by atoms with Gasteiger partial charge in [-0.2, -0.15) is 0 Å². The number of carboxylic acid groups (broad SMARTS) is 1. The number of aliphatic carboxylic acids is 1. The fraction of sp³-hybridized carbons (Fsp3) is 0.611. The van der Waals surface area contributed by atoms with Gasteiger partial charge in [-0.15, -0.1) is 12.4 Å². The Bertz CT molecular complexity index is 1690. The van der Waals surface area contributed by atoms with E-state index in [-0.39, 0.29) is 54.2 Å². The van der Waals surface area contributed by atoms with Gasteiger partial charge in [0.05, 0.1) is 36.6 Å². The lowest BCUT2D eigenvalue weighted by Crippen LogP contribution is -2.52. The number of sulfonamides is 1. The third-order valence-corrected chi connectivity index (χ3v) is 13.7. The molecule has 3 aliphatic heterocycles. The lowest BCUT2D eigenvalue weighted by molar-refractivity contribution is -0.146. The van der Waals surface area contributed by atoms with Crippen molar-refractivity contribution >= 4 is 51.6 Å². The molecular weight excluding hydrogens is 711 g/mol. The van der Waals surface area contributed by atoms with Crippen LogP contribution in [0.2, 0.25) is 5.02 Å². The Morgan fingerprint density at radius 2 is 1.80 bits per heavy atom. The number of carboxylic acids is 1. The van der Waals surface area contributed by atoms with Crippen LogP contribution in [0, 0.1) is 23.7 Å². The minimum Gasteiger partial charge on any atom is -0.490 e. The van der Waals surface area contributed by atoms with E-state index in [1.54, 1.807) is 25.1 Å². The van der Waals surface area contributed by atoms with Crippen molar-refractivity contribution < 1.29 is 36.6 Å². The van der Waals surface area contributed by atoms with E-state index in [9.17, 15) is 31.9 Å². The molecule has 14 heteroatoms. The lowest BCUT2D eigenvalue weighted by atomic mass is 9.65. The number of anilines is 1. The number of ether oxygens (including phenoxy) is 1. The first kappa shape index (κ1) is 38.6. The van der Waals surface area contributed by atoms with Gasteiger partial charge < -0.3 is 20.1 Å². The maximum absolute atomic E-state index is 13.4. The number of nitrogens with one attached hydrogen (secondary N) is 2. The Kier molecular flexibility index (Phi) is 11.7. The number of aryl methyl sites for hydroxylation is 1. The van der Waals surface area contributed by atoms with E-state index < -0.39 is 39.0 Å². The second kappa shape index (κ2) is 15.1. The molecule has 0 radical (unpaired) electrons. The van der Waals surface area contributed by atoms with Crippen molar-refractivity contribution in [2.45, 2.75) is 81.8 Å². The average molecular weight is 759 g/mol. The Morgan fingerprint density at radius 1 is 1.06 bits per heavy atom. The van der Waals surface area contributed by atoms with Crippen molar-refractivity contribution in [2.24, 2.45) is 23.7 Å². The van der Waals surface area contributed by atoms with Gasteiger partial charge in [0.25, 0.3) is 11.8 Å². The molecule has 0 aromatic heterocycles. The largest absolute Gasteiger partial charge is 0.490 e. The topological polar surface area (TPSA) is 125 Å². The molecule has 1 saturated heterocycles. The molecule has 2 aromatic carbocycles. The van der Waals surface area contributed by atoms with Crippen LogP contribution in [0.4, 0.5) is 14.5 Å². The first-order valence-electron chi connectivity index (χ1n) is 17.4. The predicted octanol–water partition coefficient (Wildman–Crippen LogP) is 6.45. The Balaban J connectivity index is 0.000000629. The molecule has 1 spiro atoms. The molecule has 0 unspecified atom stereocenters. The molecule has 5 aliphatic rings. The zero-order valence-corrected chi connectivity index (χ0v) is 30.8. The van der Waals surface area contributed by atoms with Crippen LogP contribution < -0.4 is 19.7 Å². The van der Waals surface area contributed by atoms with Crippen molar-refractivity contribution in [2.75, 3.05) is 37.7 Å². The number of amides is 1. The standard InChI is InChI=1S/C33H41ClN2O6S.C3H5F2N.ClH/c1-20-5-3-7-27(32(38)39)26-11-8-24(26)17-36-18-33(14-4-6-22-15-25(34)10-12-28(22)33)19-42-30-13-9-23(16-29(30)36)31(37)35-43(40,41)21(20)2;4-3(5)1-6-2-3;/h9-10,12-13,15-16,20-21,24,26-27H,3-8,11,14,17-19H2,1-2H3,(H,35,37)(H,38,39);6H,1-2H2;1H/t20-,21+,24-,26+,27-,33-;;/m0../s1. The quantitative estimate of drug-likeness (QED) is 0.303. The SMILES string of the molecule is C[C@@H]1[C@@H](C)CCC[C@H](C(=O)O)[C@@H]2CC[C@H]2CN2C[C@@]3(CCCc4cc(Cl)ccc43)COc3ccc(cc32)C(=O)NS1(=O)=O.Cl.FC1(F)CNC1. The van der Waals surface area contributed by atoms with Gasteiger partial charge in [0, 0.05) is 29.1 Å². The minimum absolute atomic E-state index is 0. The highest BCUT2D eigenvalue weighted by Crippen LogP contribution is 2.48. The second-order valence-electron chi connectivity index (χ2n) is 14.8. The number of halogens is 4. The zero-order chi connectivity index (χ0) is 35.1. The summed E-state index contributed by atoms with van der Waals surface area (Å²) in [6.45, 7) is 4.96. The smallest absolute Gasteiger partial charge is 0.306 e. The summed E-state index contributed by atoms with van der Waals surface area (Å²) in [6.07, 6.45) is 6.41. The molecule has 2 aliphatic carbocycles. The van der Waals surface area contributed by atoms with Crippen molar-refractivity contribution in [1.82, 2.24) is 10.0 Å². The zero-order valence-electron chi connectivity index (χ0n) is 28.4. The van der Waals surface area contributed by atoms with E-state index in [0.717, 1.165) is 37.8 Å². The molecular formula is C36H47Cl2F2N3O6S. The highest BCUT2D eigenvalue weighted by molar-refractivity contribution is 7.90. The van der Waals surface area contributed by atoms with Crippen LogP contribution in [0.5, 0.6) is 5.75 Å². The number of nitrogens with zero attached hydrogens (tertiary/aromatic N) is 1. The van der Waals surface area contributed by atoms with Crippen molar-refractivity contribution in [3.05, 3.63) is 58.1 Å². The van der Waals surface area contributed by atoms with Crippen LogP contribution in [-0.4, -0.2) is 69.4 Å². The van der Waals surface area contributed by atoms with E-state index >= 15 is 0 Å². The van der Waals surface area contributed by atoms with Crippen molar-refractivity contribution in [3.63, 3.8) is 0 Å². The van der Waals surface area contributed by atoms with E-state index in [1.165, 1.54) is 11.1 Å². The van der Waals surface area contributed by atoms with Gasteiger partial charge in [-0.05, 0) is 111 Å². The molecule has 2 bridgehead atoms. The average Bonchev–Trinajstić information content (AvgIpc) is 3.17. The molecule has 3 N–H and O–H groups in total. The summed E-state index contributed by atoms with van der Waals surface area (Å²) in [5.41, 5.74) is 3.14. The number of carbonyl (C=O) groups is 2. The van der Waals surface area contributed by atoms with Crippen LogP contribution in [-0.2, 0) is 26.7 Å². The van der Waals surface area contributed by atoms with E-state index in [0.29, 0.717) is 49.7 Å². The van der Waals surface area contributed by atoms with Crippen LogP contribution in [0.1, 0.15) is 80.3 Å². The number of hydrogen-bond acceptors (Lipinski definition) is 7. The molecule has 2 fully saturated rings. The van der Waals surface area contributed by atoms with Crippen molar-refractivity contribution in [3.8, 4) is 5.75 Å². The van der Waals surface area contributed by atoms with Crippen molar-refractivity contribution in [1.29, 1.82) is 0 Å². The molecule has 276 valence electrons. The Morgan fingerprint density at radius 3 is 2.44 bits per heavy atom. The van der Waals surface area contributed by atoms with E-state index in [1.807, 2.05) is 19.1 Å². The first-order valence-corrected chi connectivity index (χ1v) is 19.3. The van der Waals surface area contributed by atoms with Gasteiger partial charge in [-0.1, -0.05) is 31.0 Å². The summed E-state index contributed by atoms with van der Waals surface area (Å²) < 4.78 is 58.2. The monoisotopic (exact) mass is 757 g/mol. The van der Waals surface area contributed by atoms with Gasteiger partial charge in [0.15, 0.2) is 0 Å². The summed E-state index contributed by atoms with van der Waals surface area (Å²) >= 11 is 6.38. The van der Waals surface area contributed by atoms with Crippen LogP contribution >= 0.6 is 24.0 Å². The number of fused-ring (bicyclic) bond motifs is 4. The van der Waals surface area contributed by atoms with Gasteiger partial charge in [0.1, 0.15) is 5.75 Å². The first-order chi connectivity index (χ1) is 23.2. The van der Waals surface area contributed by atoms with Gasteiger partial charge >= 0.3 is 5.97 Å². The number of carbonyl (C=O) groups excluding carboxylic acids is 1. The third-order valence-electron chi connectivity index (χ3n) is 11.5. The summed E-state index contributed by atoms with van der Waals surface area (Å²) in [7, 11) is -3.95. The highest BCUT2D eigenvalue weighted by Gasteiger charge is 2.46. The molecule has 6 atom stereocenters. The van der Waals surface area contributed by atoms with Gasteiger partial charge in [-0.3, -0.25) is 9.59 Å². The number of alkyl halides is 2. The normalized spacial score (nSPS) is 31.3. The molecule has 7 rings (SSSR count). The molecule has 3 heterocycles. The number of hydrogen-bond donors (Lipinski definition) is 3. The number of benzene rings is 2. The van der Waals surface area contributed by atoms with Gasteiger partial charge in [0.2, 0.25) is 10.0 Å². The highest BCUT2D eigenvalue weighted by atomic mass is 35.5. The fourth-order valence-electron chi connectivity index (χ4n) is 8.21. The number of rotatable bonds is 1. The molecule has 2 aromatic rings. The second-order valence-corrected chi connectivity index (χ2v) is 17.3. The maximum Gasteiger partial charge on any atom is 0.306 e. The molecule has 9 nitrogen and oxygen atoms in total. The lowest BCUT2D eigenvalue weighted by Gasteiger charge is -2.46. The molecule has 50 heavy (non-hydrogen) atoms. The van der Waals surface area contributed by atoms with E-state index in [4.69, 9.17) is 16.3 Å². The van der Waals surface area contributed by atoms with Crippen LogP contribution in [0.3, 0.4) is 0 Å². The fourth-order valence-corrected chi connectivity index (χ4v) is 9.71. The van der Waals surface area contributed by atoms with Crippen LogP contribution in [0.25, 0.3) is 0 Å².